The summed E-state index contributed by atoms with van der Waals surface area (Å²) >= 11 is 0. The molecule has 0 aliphatic rings. The summed E-state index contributed by atoms with van der Waals surface area (Å²) in [4.78, 5) is 23.8. The monoisotopic (exact) mass is 272 g/mol. The number of rotatable bonds is 4. The predicted octanol–water partition coefficient (Wildman–Crippen LogP) is 1.99. The molecule has 0 spiro atoms. The van der Waals surface area contributed by atoms with Crippen molar-refractivity contribution in [3.05, 3.63) is 29.8 Å². The molecule has 0 unspecified atom stereocenters. The molecule has 0 aliphatic carbocycles. The van der Waals surface area contributed by atoms with E-state index in [1.807, 2.05) is 0 Å². The first-order chi connectivity index (χ1) is 8.93. The van der Waals surface area contributed by atoms with Crippen LogP contribution < -0.4 is 5.32 Å². The molecule has 0 saturated carbocycles. The Kier molecular flexibility index (Phi) is 5.23. The Morgan fingerprint density at radius 2 is 2.05 bits per heavy atom. The van der Waals surface area contributed by atoms with E-state index in [-0.39, 0.29) is 18.7 Å². The van der Waals surface area contributed by atoms with E-state index in [0.717, 1.165) is 12.1 Å². The lowest BCUT2D eigenvalue weighted by molar-refractivity contribution is -0.140. The van der Waals surface area contributed by atoms with E-state index in [2.05, 4.69) is 10.1 Å². The number of halogens is 2. The summed E-state index contributed by atoms with van der Waals surface area (Å²) in [7, 11) is 2.69. The Hall–Kier alpha value is -2.18. The molecule has 5 nitrogen and oxygen atoms in total. The summed E-state index contributed by atoms with van der Waals surface area (Å²) in [5.74, 6) is -2.04. The number of urea groups is 1. The number of benzene rings is 1. The van der Waals surface area contributed by atoms with Crippen LogP contribution in [-0.4, -0.2) is 37.6 Å². The van der Waals surface area contributed by atoms with Crippen molar-refractivity contribution in [1.29, 1.82) is 0 Å². The molecule has 0 fully saturated rings. The van der Waals surface area contributed by atoms with Crippen LogP contribution in [0.4, 0.5) is 19.3 Å². The number of ether oxygens (including phenoxy) is 1. The first kappa shape index (κ1) is 14.9. The lowest BCUT2D eigenvalue weighted by Crippen LogP contribution is -2.33. The number of esters is 1. The molecule has 0 aliphatic heterocycles. The largest absolute Gasteiger partial charge is 0.469 e. The van der Waals surface area contributed by atoms with E-state index >= 15 is 0 Å². The molecule has 0 bridgehead atoms. The molecule has 0 atom stereocenters. The van der Waals surface area contributed by atoms with E-state index in [0.29, 0.717) is 6.07 Å². The van der Waals surface area contributed by atoms with E-state index in [1.165, 1.54) is 19.1 Å². The highest BCUT2D eigenvalue weighted by Crippen LogP contribution is 2.15. The molecule has 19 heavy (non-hydrogen) atoms. The van der Waals surface area contributed by atoms with Gasteiger partial charge in [-0.25, -0.2) is 13.6 Å². The van der Waals surface area contributed by atoms with Crippen molar-refractivity contribution >= 4 is 17.7 Å². The van der Waals surface area contributed by atoms with E-state index in [9.17, 15) is 18.4 Å². The van der Waals surface area contributed by atoms with Gasteiger partial charge in [0.1, 0.15) is 11.6 Å². The third-order valence-corrected chi connectivity index (χ3v) is 2.40. The fourth-order valence-electron chi connectivity index (χ4n) is 1.26. The molecular formula is C12H14F2N2O3. The number of amides is 2. The Bertz CT molecular complexity index is 480. The van der Waals surface area contributed by atoms with Gasteiger partial charge in [0.15, 0.2) is 0 Å². The van der Waals surface area contributed by atoms with Crippen LogP contribution in [0.15, 0.2) is 18.2 Å². The first-order valence-electron chi connectivity index (χ1n) is 5.48. The number of hydrogen-bond acceptors (Lipinski definition) is 3. The highest BCUT2D eigenvalue weighted by molar-refractivity contribution is 5.89. The molecule has 0 saturated heterocycles. The number of carbonyl (C=O) groups excluding carboxylic acids is 2. The fraction of sp³-hybridized carbons (Fsp3) is 0.333. The smallest absolute Gasteiger partial charge is 0.321 e. The standard InChI is InChI=1S/C12H14F2N2O3/c1-16(6-5-11(17)19-2)12(18)15-10-4-3-8(13)7-9(10)14/h3-4,7H,5-6H2,1-2H3,(H,15,18). The molecule has 0 heterocycles. The minimum Gasteiger partial charge on any atom is -0.469 e. The number of nitrogens with zero attached hydrogens (tertiary/aromatic N) is 1. The first-order valence-corrected chi connectivity index (χ1v) is 5.48. The maximum Gasteiger partial charge on any atom is 0.321 e. The van der Waals surface area contributed by atoms with Crippen molar-refractivity contribution in [2.75, 3.05) is 26.0 Å². The van der Waals surface area contributed by atoms with Crippen LogP contribution in [0.25, 0.3) is 0 Å². The summed E-state index contributed by atoms with van der Waals surface area (Å²) in [6.07, 6.45) is 0.0340. The third-order valence-electron chi connectivity index (χ3n) is 2.40. The predicted molar refractivity (Wildman–Crippen MR) is 64.6 cm³/mol. The van der Waals surface area contributed by atoms with Gasteiger partial charge >= 0.3 is 12.0 Å². The molecule has 0 aromatic heterocycles. The normalized spacial score (nSPS) is 9.89. The molecule has 1 N–H and O–H groups in total. The maximum absolute atomic E-state index is 13.3. The van der Waals surface area contributed by atoms with Gasteiger partial charge in [0, 0.05) is 19.7 Å². The SMILES string of the molecule is COC(=O)CCN(C)C(=O)Nc1ccc(F)cc1F. The van der Waals surface area contributed by atoms with Crippen LogP contribution in [-0.2, 0) is 9.53 Å². The summed E-state index contributed by atoms with van der Waals surface area (Å²) < 4.78 is 30.4. The van der Waals surface area contributed by atoms with Crippen molar-refractivity contribution < 1.29 is 23.1 Å². The second-order valence-corrected chi connectivity index (χ2v) is 3.80. The molecule has 0 radical (unpaired) electrons. The van der Waals surface area contributed by atoms with Crippen molar-refractivity contribution in [2.24, 2.45) is 0 Å². The van der Waals surface area contributed by atoms with Gasteiger partial charge in [0.05, 0.1) is 19.2 Å². The van der Waals surface area contributed by atoms with Crippen LogP contribution in [0.2, 0.25) is 0 Å². The lowest BCUT2D eigenvalue weighted by atomic mass is 10.3. The second kappa shape index (κ2) is 6.67. The van der Waals surface area contributed by atoms with Crippen LogP contribution in [0.1, 0.15) is 6.42 Å². The van der Waals surface area contributed by atoms with Gasteiger partial charge in [0.25, 0.3) is 0 Å². The highest BCUT2D eigenvalue weighted by Gasteiger charge is 2.13. The molecule has 104 valence electrons. The maximum atomic E-state index is 13.3. The second-order valence-electron chi connectivity index (χ2n) is 3.80. The van der Waals surface area contributed by atoms with Crippen molar-refractivity contribution in [3.63, 3.8) is 0 Å². The van der Waals surface area contributed by atoms with Crippen molar-refractivity contribution in [3.8, 4) is 0 Å². The van der Waals surface area contributed by atoms with Gasteiger partial charge in [-0.15, -0.1) is 0 Å². The number of methoxy groups -OCH3 is 1. The Labute approximate surface area is 109 Å². The third kappa shape index (κ3) is 4.53. The van der Waals surface area contributed by atoms with Crippen LogP contribution >= 0.6 is 0 Å². The topological polar surface area (TPSA) is 58.6 Å². The fourth-order valence-corrected chi connectivity index (χ4v) is 1.26. The lowest BCUT2D eigenvalue weighted by Gasteiger charge is -2.17. The molecule has 7 heteroatoms. The zero-order valence-electron chi connectivity index (χ0n) is 10.6. The average Bonchev–Trinajstić information content (AvgIpc) is 2.38. The summed E-state index contributed by atoms with van der Waals surface area (Å²) in [6, 6.07) is 2.22. The number of carbonyl (C=O) groups is 2. The zero-order chi connectivity index (χ0) is 14.4. The van der Waals surface area contributed by atoms with Gasteiger partial charge in [-0.05, 0) is 12.1 Å². The van der Waals surface area contributed by atoms with Gasteiger partial charge in [-0.3, -0.25) is 4.79 Å². The van der Waals surface area contributed by atoms with E-state index in [4.69, 9.17) is 0 Å². The van der Waals surface area contributed by atoms with Crippen molar-refractivity contribution in [2.45, 2.75) is 6.42 Å². The summed E-state index contributed by atoms with van der Waals surface area (Å²) in [6.45, 7) is 0.126. The van der Waals surface area contributed by atoms with Crippen LogP contribution in [0.5, 0.6) is 0 Å². The average molecular weight is 272 g/mol. The van der Waals surface area contributed by atoms with Gasteiger partial charge in [-0.2, -0.15) is 0 Å². The van der Waals surface area contributed by atoms with Gasteiger partial charge < -0.3 is 15.0 Å². The molecule has 1 rings (SSSR count). The molecule has 1 aromatic rings. The highest BCUT2D eigenvalue weighted by atomic mass is 19.1. The van der Waals surface area contributed by atoms with Crippen LogP contribution in [0.3, 0.4) is 0 Å². The number of hydrogen-bond donors (Lipinski definition) is 1. The molecule has 1 aromatic carbocycles. The Morgan fingerprint density at radius 1 is 1.37 bits per heavy atom. The Balaban J connectivity index is 2.56. The van der Waals surface area contributed by atoms with Gasteiger partial charge in [-0.1, -0.05) is 0 Å². The van der Waals surface area contributed by atoms with E-state index in [1.54, 1.807) is 0 Å². The zero-order valence-corrected chi connectivity index (χ0v) is 10.6. The van der Waals surface area contributed by atoms with Gasteiger partial charge in [0.2, 0.25) is 0 Å². The molecular weight excluding hydrogens is 258 g/mol. The molecule has 2 amide bonds. The van der Waals surface area contributed by atoms with E-state index < -0.39 is 23.6 Å². The number of anilines is 1. The number of nitrogens with one attached hydrogen (secondary N) is 1. The van der Waals surface area contributed by atoms with Crippen molar-refractivity contribution in [1.82, 2.24) is 4.90 Å². The summed E-state index contributed by atoms with van der Waals surface area (Å²) in [5.41, 5.74) is -0.128. The minimum absolute atomic E-state index is 0.0340. The minimum atomic E-state index is -0.866. The van der Waals surface area contributed by atoms with Crippen LogP contribution in [0, 0.1) is 11.6 Å². The quantitative estimate of drug-likeness (QED) is 0.853. The summed E-state index contributed by atoms with van der Waals surface area (Å²) in [5, 5.41) is 2.27. The Morgan fingerprint density at radius 3 is 2.63 bits per heavy atom.